The van der Waals surface area contributed by atoms with Crippen molar-refractivity contribution >= 4 is 15.7 Å². The average molecular weight is 466 g/mol. The topological polar surface area (TPSA) is 137 Å². The first-order valence-corrected chi connectivity index (χ1v) is 12.3. The van der Waals surface area contributed by atoms with E-state index in [2.05, 4.69) is 15.4 Å². The Bertz CT molecular complexity index is 1040. The average Bonchev–Trinajstić information content (AvgIpc) is 3.08. The highest BCUT2D eigenvalue weighted by Gasteiger charge is 2.26. The number of carbonyl (C=O) groups excluding carboxylic acids is 1. The Morgan fingerprint density at radius 3 is 2.53 bits per heavy atom. The number of benzene rings is 1. The number of aryl methyl sites for hydroxylation is 1. The van der Waals surface area contributed by atoms with Crippen molar-refractivity contribution in [3.8, 4) is 11.3 Å². The van der Waals surface area contributed by atoms with Crippen LogP contribution in [0.3, 0.4) is 0 Å². The standard InChI is InChI=1S/C20H27N5O6S/c1-16-18(20(26)22-23-11-14-32(29,30)15-12-23)21-24(10-6-3-7-13-31-25(27)28)19(16)17-8-4-2-5-9-17/h2,4-5,8-9H,3,6-7,10-15H2,1H3,(H,22,26). The van der Waals surface area contributed by atoms with Crippen LogP contribution in [0.4, 0.5) is 0 Å². The number of rotatable bonds is 10. The molecule has 1 saturated heterocycles. The molecule has 1 aromatic heterocycles. The van der Waals surface area contributed by atoms with Crippen molar-refractivity contribution in [1.29, 1.82) is 0 Å². The van der Waals surface area contributed by atoms with E-state index in [0.717, 1.165) is 16.8 Å². The number of amides is 1. The van der Waals surface area contributed by atoms with E-state index in [-0.39, 0.29) is 42.8 Å². The zero-order chi connectivity index (χ0) is 23.1. The van der Waals surface area contributed by atoms with Gasteiger partial charge >= 0.3 is 0 Å². The van der Waals surface area contributed by atoms with E-state index >= 15 is 0 Å². The second kappa shape index (κ2) is 10.6. The Morgan fingerprint density at radius 2 is 1.88 bits per heavy atom. The summed E-state index contributed by atoms with van der Waals surface area (Å²) in [6, 6.07) is 9.63. The van der Waals surface area contributed by atoms with Gasteiger partial charge in [-0.05, 0) is 26.2 Å². The molecule has 11 nitrogen and oxygen atoms in total. The van der Waals surface area contributed by atoms with Crippen molar-refractivity contribution in [2.45, 2.75) is 32.7 Å². The maximum absolute atomic E-state index is 12.9. The van der Waals surface area contributed by atoms with E-state index in [4.69, 9.17) is 0 Å². The van der Waals surface area contributed by atoms with Gasteiger partial charge in [-0.2, -0.15) is 5.10 Å². The second-order valence-electron chi connectivity index (χ2n) is 7.61. The number of sulfone groups is 1. The highest BCUT2D eigenvalue weighted by Crippen LogP contribution is 2.26. The molecule has 2 heterocycles. The number of aromatic nitrogens is 2. The van der Waals surface area contributed by atoms with Crippen LogP contribution in [0, 0.1) is 17.0 Å². The molecule has 1 fully saturated rings. The quantitative estimate of drug-likeness (QED) is 0.317. The van der Waals surface area contributed by atoms with Crippen LogP contribution in [-0.4, -0.2) is 65.4 Å². The molecule has 3 rings (SSSR count). The largest absolute Gasteiger partial charge is 0.314 e. The SMILES string of the molecule is Cc1c(C(=O)NN2CCS(=O)(=O)CC2)nn(CCCCCO[N+](=O)[O-])c1-c1ccccc1. The number of nitrogens with zero attached hydrogens (tertiary/aromatic N) is 4. The summed E-state index contributed by atoms with van der Waals surface area (Å²) in [6.07, 6.45) is 1.98. The Hall–Kier alpha value is -2.99. The van der Waals surface area contributed by atoms with Crippen LogP contribution >= 0.6 is 0 Å². The molecule has 1 aliphatic heterocycles. The van der Waals surface area contributed by atoms with Crippen molar-refractivity contribution in [2.75, 3.05) is 31.2 Å². The lowest BCUT2D eigenvalue weighted by Crippen LogP contribution is -2.50. The molecule has 0 aliphatic carbocycles. The third-order valence-corrected chi connectivity index (χ3v) is 6.88. The van der Waals surface area contributed by atoms with Crippen molar-refractivity contribution in [3.63, 3.8) is 0 Å². The number of hydrogen-bond acceptors (Lipinski definition) is 8. The van der Waals surface area contributed by atoms with E-state index < -0.39 is 14.9 Å². The van der Waals surface area contributed by atoms with Crippen LogP contribution in [0.5, 0.6) is 0 Å². The fraction of sp³-hybridized carbons (Fsp3) is 0.500. The maximum atomic E-state index is 12.9. The first-order chi connectivity index (χ1) is 15.3. The van der Waals surface area contributed by atoms with Gasteiger partial charge in [-0.1, -0.05) is 30.3 Å². The fourth-order valence-corrected chi connectivity index (χ4v) is 4.79. The summed E-state index contributed by atoms with van der Waals surface area (Å²) in [5.74, 6) is -0.358. The molecule has 0 radical (unpaired) electrons. The third kappa shape index (κ3) is 6.26. The van der Waals surface area contributed by atoms with Gasteiger partial charge in [0.1, 0.15) is 0 Å². The van der Waals surface area contributed by atoms with E-state index in [0.29, 0.717) is 25.8 Å². The Morgan fingerprint density at radius 1 is 1.19 bits per heavy atom. The second-order valence-corrected chi connectivity index (χ2v) is 9.91. The number of carbonyl (C=O) groups is 1. The predicted molar refractivity (Wildman–Crippen MR) is 117 cm³/mol. The van der Waals surface area contributed by atoms with Gasteiger partial charge in [0, 0.05) is 30.8 Å². The smallest absolute Gasteiger partial charge is 0.294 e. The molecule has 1 amide bonds. The van der Waals surface area contributed by atoms with Gasteiger partial charge < -0.3 is 4.84 Å². The molecule has 174 valence electrons. The molecule has 12 heteroatoms. The maximum Gasteiger partial charge on any atom is 0.294 e. The summed E-state index contributed by atoms with van der Waals surface area (Å²) in [6.45, 7) is 2.91. The number of unbranched alkanes of at least 4 members (excludes halogenated alkanes) is 2. The van der Waals surface area contributed by atoms with E-state index in [1.165, 1.54) is 0 Å². The number of hydrazine groups is 1. The number of hydrogen-bond donors (Lipinski definition) is 1. The van der Waals surface area contributed by atoms with Gasteiger partial charge in [0.25, 0.3) is 11.0 Å². The lowest BCUT2D eigenvalue weighted by molar-refractivity contribution is -0.757. The van der Waals surface area contributed by atoms with Gasteiger partial charge in [-0.3, -0.25) is 14.9 Å². The first kappa shape index (κ1) is 23.7. The fourth-order valence-electron chi connectivity index (χ4n) is 3.59. The molecular weight excluding hydrogens is 438 g/mol. The minimum atomic E-state index is -3.04. The molecule has 1 N–H and O–H groups in total. The van der Waals surface area contributed by atoms with Gasteiger partial charge in [0.15, 0.2) is 15.5 Å². The summed E-state index contributed by atoms with van der Waals surface area (Å²) in [5, 5.41) is 15.6. The van der Waals surface area contributed by atoms with Crippen molar-refractivity contribution in [3.05, 3.63) is 51.7 Å². The van der Waals surface area contributed by atoms with E-state index in [1.807, 2.05) is 37.3 Å². The lowest BCUT2D eigenvalue weighted by atomic mass is 10.1. The molecule has 2 aromatic rings. The van der Waals surface area contributed by atoms with Crippen molar-refractivity contribution in [2.24, 2.45) is 0 Å². The number of nitrogens with one attached hydrogen (secondary N) is 1. The molecule has 0 bridgehead atoms. The summed E-state index contributed by atoms with van der Waals surface area (Å²) >= 11 is 0. The third-order valence-electron chi connectivity index (χ3n) is 5.27. The minimum absolute atomic E-state index is 0.0100. The van der Waals surface area contributed by atoms with E-state index in [1.54, 1.807) is 9.69 Å². The normalized spacial score (nSPS) is 15.9. The first-order valence-electron chi connectivity index (χ1n) is 10.4. The van der Waals surface area contributed by atoms with Crippen molar-refractivity contribution < 1.29 is 23.1 Å². The van der Waals surface area contributed by atoms with Crippen LogP contribution in [0.2, 0.25) is 0 Å². The monoisotopic (exact) mass is 465 g/mol. The van der Waals surface area contributed by atoms with Crippen LogP contribution in [0.1, 0.15) is 35.3 Å². The van der Waals surface area contributed by atoms with Crippen LogP contribution in [0.25, 0.3) is 11.3 Å². The Kier molecular flexibility index (Phi) is 7.80. The molecule has 0 atom stereocenters. The van der Waals surface area contributed by atoms with Crippen molar-refractivity contribution in [1.82, 2.24) is 20.2 Å². The Balaban J connectivity index is 1.72. The molecular formula is C20H27N5O6S. The lowest BCUT2D eigenvalue weighted by Gasteiger charge is -2.26. The molecule has 0 unspecified atom stereocenters. The van der Waals surface area contributed by atoms with E-state index in [9.17, 15) is 23.3 Å². The molecule has 1 aliphatic rings. The highest BCUT2D eigenvalue weighted by atomic mass is 32.2. The van der Waals surface area contributed by atoms with Gasteiger partial charge in [-0.15, -0.1) is 10.1 Å². The summed E-state index contributed by atoms with van der Waals surface area (Å²) < 4.78 is 25.0. The summed E-state index contributed by atoms with van der Waals surface area (Å²) in [4.78, 5) is 27.5. The van der Waals surface area contributed by atoms with Crippen LogP contribution in [-0.2, 0) is 21.2 Å². The minimum Gasteiger partial charge on any atom is -0.314 e. The van der Waals surface area contributed by atoms with Gasteiger partial charge in [0.2, 0.25) is 0 Å². The summed E-state index contributed by atoms with van der Waals surface area (Å²) in [7, 11) is -3.04. The van der Waals surface area contributed by atoms with Crippen LogP contribution in [0.15, 0.2) is 30.3 Å². The highest BCUT2D eigenvalue weighted by molar-refractivity contribution is 7.91. The molecule has 1 aromatic carbocycles. The molecule has 32 heavy (non-hydrogen) atoms. The van der Waals surface area contributed by atoms with Gasteiger partial charge in [-0.25, -0.2) is 13.4 Å². The van der Waals surface area contributed by atoms with Gasteiger partial charge in [0.05, 0.1) is 23.8 Å². The predicted octanol–water partition coefficient (Wildman–Crippen LogP) is 1.61. The zero-order valence-electron chi connectivity index (χ0n) is 17.9. The molecule has 0 spiro atoms. The summed E-state index contributed by atoms with van der Waals surface area (Å²) in [5.41, 5.74) is 5.55. The molecule has 0 saturated carbocycles. The zero-order valence-corrected chi connectivity index (χ0v) is 18.7. The Labute approximate surface area is 186 Å². The van der Waals surface area contributed by atoms with Crippen LogP contribution < -0.4 is 5.43 Å².